The van der Waals surface area contributed by atoms with Crippen LogP contribution in [-0.2, 0) is 32.0 Å². The average molecular weight is 387 g/mol. The van der Waals surface area contributed by atoms with E-state index in [1.54, 1.807) is 12.3 Å². The summed E-state index contributed by atoms with van der Waals surface area (Å²) in [4.78, 5) is 40.0. The zero-order valence-electron chi connectivity index (χ0n) is 15.0. The molecule has 0 fully saturated rings. The van der Waals surface area contributed by atoms with E-state index < -0.39 is 0 Å². The van der Waals surface area contributed by atoms with Crippen LogP contribution in [0.5, 0.6) is 0 Å². The van der Waals surface area contributed by atoms with E-state index in [1.165, 1.54) is 11.3 Å². The van der Waals surface area contributed by atoms with E-state index in [1.807, 2.05) is 24.3 Å². The fourth-order valence-corrected chi connectivity index (χ4v) is 3.67. The standard InChI is InChI=1S/C19H21N3O4S/c1-2-26-17(24)10-14-11-27-19(20-14)22-16(23)8-7-13-9-12-5-3-4-6-15(12)21-18(13)25/h3-6,11,13H,2,7-10H2,1H3,(H,21,25)(H,20,22,23)/t13-/m0/s1. The molecular weight excluding hydrogens is 366 g/mol. The highest BCUT2D eigenvalue weighted by atomic mass is 32.1. The number of rotatable bonds is 7. The Morgan fingerprint density at radius 2 is 2.19 bits per heavy atom. The van der Waals surface area contributed by atoms with Crippen molar-refractivity contribution in [2.24, 2.45) is 5.92 Å². The third kappa shape index (κ3) is 5.13. The van der Waals surface area contributed by atoms with Crippen LogP contribution < -0.4 is 10.6 Å². The molecule has 142 valence electrons. The Balaban J connectivity index is 1.48. The fourth-order valence-electron chi connectivity index (χ4n) is 2.94. The minimum Gasteiger partial charge on any atom is -0.466 e. The van der Waals surface area contributed by atoms with Crippen molar-refractivity contribution in [3.05, 3.63) is 40.9 Å². The molecule has 8 heteroatoms. The highest BCUT2D eigenvalue weighted by Gasteiger charge is 2.26. The van der Waals surface area contributed by atoms with Crippen molar-refractivity contribution in [3.8, 4) is 0 Å². The number of thiazole rings is 1. The summed E-state index contributed by atoms with van der Waals surface area (Å²) in [5.74, 6) is -0.809. The van der Waals surface area contributed by atoms with Crippen molar-refractivity contribution in [1.82, 2.24) is 4.98 Å². The van der Waals surface area contributed by atoms with Crippen molar-refractivity contribution < 1.29 is 19.1 Å². The van der Waals surface area contributed by atoms with E-state index in [4.69, 9.17) is 4.74 Å². The summed E-state index contributed by atoms with van der Waals surface area (Å²) in [6.45, 7) is 2.07. The van der Waals surface area contributed by atoms with Crippen molar-refractivity contribution in [1.29, 1.82) is 0 Å². The van der Waals surface area contributed by atoms with Gasteiger partial charge in [-0.3, -0.25) is 14.4 Å². The van der Waals surface area contributed by atoms with Crippen LogP contribution in [0.1, 0.15) is 31.0 Å². The number of amides is 2. The van der Waals surface area contributed by atoms with Crippen LogP contribution in [0.4, 0.5) is 10.8 Å². The van der Waals surface area contributed by atoms with Gasteiger partial charge in [-0.05, 0) is 31.4 Å². The number of nitrogens with zero attached hydrogens (tertiary/aromatic N) is 1. The van der Waals surface area contributed by atoms with Gasteiger partial charge in [0.05, 0.1) is 18.7 Å². The van der Waals surface area contributed by atoms with Gasteiger partial charge in [0, 0.05) is 23.4 Å². The first-order valence-corrected chi connectivity index (χ1v) is 9.71. The van der Waals surface area contributed by atoms with E-state index in [0.717, 1.165) is 11.3 Å². The molecule has 0 bridgehead atoms. The second-order valence-electron chi connectivity index (χ2n) is 6.26. The number of ether oxygens (including phenoxy) is 1. The van der Waals surface area contributed by atoms with Crippen LogP contribution in [0.2, 0.25) is 0 Å². The molecule has 0 unspecified atom stereocenters. The molecule has 0 aliphatic carbocycles. The van der Waals surface area contributed by atoms with E-state index >= 15 is 0 Å². The van der Waals surface area contributed by atoms with Gasteiger partial charge in [-0.25, -0.2) is 4.98 Å². The van der Waals surface area contributed by atoms with Crippen LogP contribution in [0.15, 0.2) is 29.6 Å². The second kappa shape index (κ2) is 8.77. The number of carbonyl (C=O) groups excluding carboxylic acids is 3. The summed E-state index contributed by atoms with van der Waals surface area (Å²) >= 11 is 1.26. The number of benzene rings is 1. The van der Waals surface area contributed by atoms with Gasteiger partial charge in [0.15, 0.2) is 5.13 Å². The topological polar surface area (TPSA) is 97.4 Å². The van der Waals surface area contributed by atoms with E-state index in [0.29, 0.717) is 30.3 Å². The molecule has 1 aromatic carbocycles. The molecular formula is C19H21N3O4S. The summed E-state index contributed by atoms with van der Waals surface area (Å²) in [6.07, 6.45) is 1.41. The summed E-state index contributed by atoms with van der Waals surface area (Å²) in [5, 5.41) is 7.78. The zero-order valence-corrected chi connectivity index (χ0v) is 15.8. The monoisotopic (exact) mass is 387 g/mol. The maximum atomic E-state index is 12.2. The van der Waals surface area contributed by atoms with Crippen LogP contribution in [0, 0.1) is 5.92 Å². The van der Waals surface area contributed by atoms with Crippen molar-refractivity contribution in [3.63, 3.8) is 0 Å². The van der Waals surface area contributed by atoms with Gasteiger partial charge in [0.2, 0.25) is 11.8 Å². The Labute approximate surface area is 161 Å². The van der Waals surface area contributed by atoms with E-state index in [-0.39, 0.29) is 36.5 Å². The van der Waals surface area contributed by atoms with Gasteiger partial charge in [-0.15, -0.1) is 11.3 Å². The minimum absolute atomic E-state index is 0.0486. The van der Waals surface area contributed by atoms with Gasteiger partial charge >= 0.3 is 5.97 Å². The number of hydrogen-bond donors (Lipinski definition) is 2. The molecule has 3 rings (SSSR count). The lowest BCUT2D eigenvalue weighted by Gasteiger charge is -2.24. The quantitative estimate of drug-likeness (QED) is 0.712. The van der Waals surface area contributed by atoms with Gasteiger partial charge in [0.1, 0.15) is 0 Å². The Bertz CT molecular complexity index is 849. The number of carbonyl (C=O) groups is 3. The minimum atomic E-state index is -0.343. The highest BCUT2D eigenvalue weighted by molar-refractivity contribution is 7.13. The molecule has 1 aliphatic rings. The Morgan fingerprint density at radius 3 is 3.00 bits per heavy atom. The van der Waals surface area contributed by atoms with Gasteiger partial charge in [-0.1, -0.05) is 18.2 Å². The lowest BCUT2D eigenvalue weighted by molar-refractivity contribution is -0.142. The Morgan fingerprint density at radius 1 is 1.37 bits per heavy atom. The van der Waals surface area contributed by atoms with Gasteiger partial charge in [-0.2, -0.15) is 0 Å². The van der Waals surface area contributed by atoms with Crippen LogP contribution in [-0.4, -0.2) is 29.4 Å². The third-order valence-corrected chi connectivity index (χ3v) is 5.07. The molecule has 1 atom stereocenters. The number of nitrogens with one attached hydrogen (secondary N) is 2. The van der Waals surface area contributed by atoms with Crippen molar-refractivity contribution in [2.45, 2.75) is 32.6 Å². The molecule has 0 saturated heterocycles. The normalized spacial score (nSPS) is 15.6. The second-order valence-corrected chi connectivity index (χ2v) is 7.12. The molecule has 0 radical (unpaired) electrons. The number of para-hydroxylation sites is 1. The maximum Gasteiger partial charge on any atom is 0.311 e. The first-order chi connectivity index (χ1) is 13.0. The first kappa shape index (κ1) is 19.0. The Hall–Kier alpha value is -2.74. The average Bonchev–Trinajstić information content (AvgIpc) is 3.06. The lowest BCUT2D eigenvalue weighted by atomic mass is 9.89. The van der Waals surface area contributed by atoms with Gasteiger partial charge in [0.25, 0.3) is 0 Å². The molecule has 2 aromatic rings. The molecule has 27 heavy (non-hydrogen) atoms. The smallest absolute Gasteiger partial charge is 0.311 e. The first-order valence-electron chi connectivity index (χ1n) is 8.83. The third-order valence-electron chi connectivity index (χ3n) is 4.26. The molecule has 2 N–H and O–H groups in total. The summed E-state index contributed by atoms with van der Waals surface area (Å²) in [6, 6.07) is 7.70. The molecule has 1 aliphatic heterocycles. The fraction of sp³-hybridized carbons (Fsp3) is 0.368. The Kier molecular flexibility index (Phi) is 6.18. The van der Waals surface area contributed by atoms with E-state index in [9.17, 15) is 14.4 Å². The van der Waals surface area contributed by atoms with Crippen LogP contribution in [0.3, 0.4) is 0 Å². The lowest BCUT2D eigenvalue weighted by Crippen LogP contribution is -2.30. The largest absolute Gasteiger partial charge is 0.466 e. The highest BCUT2D eigenvalue weighted by Crippen LogP contribution is 2.27. The van der Waals surface area contributed by atoms with Crippen LogP contribution >= 0.6 is 11.3 Å². The van der Waals surface area contributed by atoms with Gasteiger partial charge < -0.3 is 15.4 Å². The molecule has 0 saturated carbocycles. The van der Waals surface area contributed by atoms with E-state index in [2.05, 4.69) is 15.6 Å². The number of esters is 1. The summed E-state index contributed by atoms with van der Waals surface area (Å²) in [5.41, 5.74) is 2.50. The molecule has 2 amide bonds. The van der Waals surface area contributed by atoms with Crippen molar-refractivity contribution in [2.75, 3.05) is 17.2 Å². The maximum absolute atomic E-state index is 12.2. The molecule has 1 aromatic heterocycles. The molecule has 0 spiro atoms. The SMILES string of the molecule is CCOC(=O)Cc1csc(NC(=O)CC[C@H]2Cc3ccccc3NC2=O)n1. The molecule has 7 nitrogen and oxygen atoms in total. The number of hydrogen-bond acceptors (Lipinski definition) is 6. The summed E-state index contributed by atoms with van der Waals surface area (Å²) in [7, 11) is 0. The van der Waals surface area contributed by atoms with Crippen molar-refractivity contribution >= 4 is 39.9 Å². The number of aromatic nitrogens is 1. The molecule has 2 heterocycles. The zero-order chi connectivity index (χ0) is 19.2. The predicted molar refractivity (Wildman–Crippen MR) is 103 cm³/mol. The number of fused-ring (bicyclic) bond motifs is 1. The number of anilines is 2. The summed E-state index contributed by atoms with van der Waals surface area (Å²) < 4.78 is 4.88. The predicted octanol–water partition coefficient (Wildman–Crippen LogP) is 2.78. The van der Waals surface area contributed by atoms with Crippen LogP contribution in [0.25, 0.3) is 0 Å².